The van der Waals surface area contributed by atoms with Gasteiger partial charge in [0, 0.05) is 12.1 Å². The molecular formula is C18H30N2. The minimum atomic E-state index is 0.582. The van der Waals surface area contributed by atoms with Crippen LogP contribution in [0.1, 0.15) is 51.1 Å². The molecule has 0 saturated heterocycles. The standard InChI is InChI=1S/C18H30N2/c1-15(2)20(3)14-8-7-13-19-18(17-11-12-17)16-9-5-4-6-10-16/h4-6,9-10,15,17-19H,7-8,11-14H2,1-3H3. The lowest BCUT2D eigenvalue weighted by Gasteiger charge is -2.22. The van der Waals surface area contributed by atoms with E-state index in [0.29, 0.717) is 12.1 Å². The minimum absolute atomic E-state index is 0.582. The SMILES string of the molecule is CC(C)N(C)CCCCNC(c1ccccc1)C1CC1. The molecule has 1 atom stereocenters. The molecule has 1 aromatic carbocycles. The molecule has 0 aliphatic heterocycles. The fraction of sp³-hybridized carbons (Fsp3) is 0.667. The van der Waals surface area contributed by atoms with E-state index in [1.54, 1.807) is 0 Å². The van der Waals surface area contributed by atoms with Crippen LogP contribution in [-0.2, 0) is 0 Å². The third-order valence-electron chi connectivity index (χ3n) is 4.44. The highest BCUT2D eigenvalue weighted by atomic mass is 15.1. The number of benzene rings is 1. The topological polar surface area (TPSA) is 15.3 Å². The summed E-state index contributed by atoms with van der Waals surface area (Å²) < 4.78 is 0. The molecule has 0 radical (unpaired) electrons. The van der Waals surface area contributed by atoms with Gasteiger partial charge in [0.05, 0.1) is 0 Å². The van der Waals surface area contributed by atoms with Crippen LogP contribution < -0.4 is 5.32 Å². The smallest absolute Gasteiger partial charge is 0.0348 e. The summed E-state index contributed by atoms with van der Waals surface area (Å²) >= 11 is 0. The molecule has 1 aromatic rings. The fourth-order valence-electron chi connectivity index (χ4n) is 2.65. The molecule has 0 aromatic heterocycles. The van der Waals surface area contributed by atoms with Crippen LogP contribution in [0.15, 0.2) is 30.3 Å². The summed E-state index contributed by atoms with van der Waals surface area (Å²) in [7, 11) is 2.22. The maximum Gasteiger partial charge on any atom is 0.0348 e. The Balaban J connectivity index is 1.69. The van der Waals surface area contributed by atoms with Crippen molar-refractivity contribution < 1.29 is 0 Å². The van der Waals surface area contributed by atoms with Crippen LogP contribution in [0, 0.1) is 5.92 Å². The van der Waals surface area contributed by atoms with Crippen molar-refractivity contribution >= 4 is 0 Å². The first kappa shape index (κ1) is 15.5. The number of hydrogen-bond acceptors (Lipinski definition) is 2. The van der Waals surface area contributed by atoms with Gasteiger partial charge in [-0.15, -0.1) is 0 Å². The van der Waals surface area contributed by atoms with E-state index in [0.717, 1.165) is 12.5 Å². The van der Waals surface area contributed by atoms with E-state index < -0.39 is 0 Å². The van der Waals surface area contributed by atoms with Crippen LogP contribution in [0.5, 0.6) is 0 Å². The zero-order valence-electron chi connectivity index (χ0n) is 13.3. The first-order chi connectivity index (χ1) is 9.68. The first-order valence-electron chi connectivity index (χ1n) is 8.17. The molecule has 1 N–H and O–H groups in total. The van der Waals surface area contributed by atoms with Crippen LogP contribution in [0.2, 0.25) is 0 Å². The van der Waals surface area contributed by atoms with Crippen molar-refractivity contribution in [3.8, 4) is 0 Å². The van der Waals surface area contributed by atoms with Gasteiger partial charge >= 0.3 is 0 Å². The number of nitrogens with zero attached hydrogens (tertiary/aromatic N) is 1. The molecule has 1 fully saturated rings. The second kappa shape index (κ2) is 7.80. The van der Waals surface area contributed by atoms with E-state index in [4.69, 9.17) is 0 Å². The third-order valence-corrected chi connectivity index (χ3v) is 4.44. The van der Waals surface area contributed by atoms with Crippen LogP contribution in [0.3, 0.4) is 0 Å². The molecule has 2 rings (SSSR count). The van der Waals surface area contributed by atoms with Crippen molar-refractivity contribution in [2.24, 2.45) is 5.92 Å². The zero-order chi connectivity index (χ0) is 14.4. The molecule has 2 heteroatoms. The summed E-state index contributed by atoms with van der Waals surface area (Å²) in [5.41, 5.74) is 1.47. The van der Waals surface area contributed by atoms with Crippen LogP contribution >= 0.6 is 0 Å². The van der Waals surface area contributed by atoms with Gasteiger partial charge in [-0.25, -0.2) is 0 Å². The quantitative estimate of drug-likeness (QED) is 0.688. The van der Waals surface area contributed by atoms with E-state index in [9.17, 15) is 0 Å². The summed E-state index contributed by atoms with van der Waals surface area (Å²) in [6, 6.07) is 12.2. The van der Waals surface area contributed by atoms with Gasteiger partial charge in [-0.05, 0) is 71.1 Å². The highest BCUT2D eigenvalue weighted by molar-refractivity contribution is 5.21. The Morgan fingerprint density at radius 1 is 1.15 bits per heavy atom. The molecule has 0 heterocycles. The molecular weight excluding hydrogens is 244 g/mol. The predicted molar refractivity (Wildman–Crippen MR) is 86.9 cm³/mol. The number of rotatable bonds is 9. The molecule has 0 amide bonds. The van der Waals surface area contributed by atoms with E-state index in [1.807, 2.05) is 0 Å². The van der Waals surface area contributed by atoms with Gasteiger partial charge in [0.25, 0.3) is 0 Å². The summed E-state index contributed by atoms with van der Waals surface area (Å²) in [6.07, 6.45) is 5.34. The first-order valence-corrected chi connectivity index (χ1v) is 8.17. The number of hydrogen-bond donors (Lipinski definition) is 1. The molecule has 2 nitrogen and oxygen atoms in total. The second-order valence-corrected chi connectivity index (χ2v) is 6.46. The van der Waals surface area contributed by atoms with Crippen molar-refractivity contribution in [3.63, 3.8) is 0 Å². The van der Waals surface area contributed by atoms with Gasteiger partial charge < -0.3 is 10.2 Å². The Morgan fingerprint density at radius 3 is 2.45 bits per heavy atom. The molecule has 1 unspecified atom stereocenters. The van der Waals surface area contributed by atoms with Gasteiger partial charge in [-0.1, -0.05) is 30.3 Å². The third kappa shape index (κ3) is 4.92. The van der Waals surface area contributed by atoms with Crippen molar-refractivity contribution in [1.82, 2.24) is 10.2 Å². The lowest BCUT2D eigenvalue weighted by atomic mass is 10.0. The maximum atomic E-state index is 3.78. The van der Waals surface area contributed by atoms with Gasteiger partial charge in [-0.2, -0.15) is 0 Å². The van der Waals surface area contributed by atoms with Crippen LogP contribution in [0.25, 0.3) is 0 Å². The van der Waals surface area contributed by atoms with E-state index >= 15 is 0 Å². The Hall–Kier alpha value is -0.860. The lowest BCUT2D eigenvalue weighted by Crippen LogP contribution is -2.28. The molecule has 1 saturated carbocycles. The molecule has 0 bridgehead atoms. The summed E-state index contributed by atoms with van der Waals surface area (Å²) in [6.45, 7) is 6.87. The Kier molecular flexibility index (Phi) is 6.06. The fourth-order valence-corrected chi connectivity index (χ4v) is 2.65. The average molecular weight is 274 g/mol. The number of nitrogens with one attached hydrogen (secondary N) is 1. The summed E-state index contributed by atoms with van der Waals surface area (Å²) in [5.74, 6) is 0.871. The summed E-state index contributed by atoms with van der Waals surface area (Å²) in [4.78, 5) is 2.43. The largest absolute Gasteiger partial charge is 0.310 e. The van der Waals surface area contributed by atoms with Crippen molar-refractivity contribution in [2.75, 3.05) is 20.1 Å². The molecule has 1 aliphatic rings. The Labute approximate surface area is 124 Å². The Morgan fingerprint density at radius 2 is 1.85 bits per heavy atom. The monoisotopic (exact) mass is 274 g/mol. The Bertz CT molecular complexity index is 370. The van der Waals surface area contributed by atoms with Crippen LogP contribution in [-0.4, -0.2) is 31.1 Å². The summed E-state index contributed by atoms with van der Waals surface area (Å²) in [5, 5.41) is 3.78. The van der Waals surface area contributed by atoms with Crippen molar-refractivity contribution in [2.45, 2.75) is 51.6 Å². The van der Waals surface area contributed by atoms with Crippen molar-refractivity contribution in [1.29, 1.82) is 0 Å². The van der Waals surface area contributed by atoms with E-state index in [2.05, 4.69) is 61.4 Å². The highest BCUT2D eigenvalue weighted by Gasteiger charge is 2.31. The van der Waals surface area contributed by atoms with Gasteiger partial charge in [0.1, 0.15) is 0 Å². The molecule has 1 aliphatic carbocycles. The van der Waals surface area contributed by atoms with Crippen LogP contribution in [0.4, 0.5) is 0 Å². The molecule has 0 spiro atoms. The second-order valence-electron chi connectivity index (χ2n) is 6.46. The molecule has 112 valence electrons. The normalized spacial score (nSPS) is 16.9. The maximum absolute atomic E-state index is 3.78. The molecule has 20 heavy (non-hydrogen) atoms. The minimum Gasteiger partial charge on any atom is -0.310 e. The predicted octanol–water partition coefficient (Wildman–Crippen LogP) is 3.85. The lowest BCUT2D eigenvalue weighted by molar-refractivity contribution is 0.267. The zero-order valence-corrected chi connectivity index (χ0v) is 13.3. The van der Waals surface area contributed by atoms with Gasteiger partial charge in [0.2, 0.25) is 0 Å². The number of unbranched alkanes of at least 4 members (excludes halogenated alkanes) is 1. The van der Waals surface area contributed by atoms with E-state index in [-0.39, 0.29) is 0 Å². The van der Waals surface area contributed by atoms with E-state index in [1.165, 1.54) is 37.8 Å². The van der Waals surface area contributed by atoms with Gasteiger partial charge in [-0.3, -0.25) is 0 Å². The highest BCUT2D eigenvalue weighted by Crippen LogP contribution is 2.40. The average Bonchev–Trinajstić information content (AvgIpc) is 3.28. The van der Waals surface area contributed by atoms with Gasteiger partial charge in [0.15, 0.2) is 0 Å². The van der Waals surface area contributed by atoms with Crippen molar-refractivity contribution in [3.05, 3.63) is 35.9 Å².